The summed E-state index contributed by atoms with van der Waals surface area (Å²) in [6, 6.07) is 11.4. The summed E-state index contributed by atoms with van der Waals surface area (Å²) < 4.78 is 0. The predicted octanol–water partition coefficient (Wildman–Crippen LogP) is 5.53. The first kappa shape index (κ1) is 21.6. The van der Waals surface area contributed by atoms with Gasteiger partial charge in [-0.3, -0.25) is 9.59 Å². The fraction of sp³-hybridized carbons (Fsp3) is 0.385. The van der Waals surface area contributed by atoms with Crippen LogP contribution in [0.4, 0.5) is 5.69 Å². The van der Waals surface area contributed by atoms with Gasteiger partial charge in [-0.05, 0) is 67.9 Å². The zero-order valence-corrected chi connectivity index (χ0v) is 19.6. The highest BCUT2D eigenvalue weighted by Crippen LogP contribution is 2.40. The highest BCUT2D eigenvalue weighted by atomic mass is 35.5. The minimum absolute atomic E-state index is 0.258. The molecular weight excluding hydrogens is 408 g/mol. The Kier molecular flexibility index (Phi) is 5.69. The number of hydrogen-bond donors (Lipinski definition) is 0. The predicted molar refractivity (Wildman–Crippen MR) is 126 cm³/mol. The molecule has 1 saturated heterocycles. The van der Waals surface area contributed by atoms with Crippen LogP contribution in [0.3, 0.4) is 0 Å². The summed E-state index contributed by atoms with van der Waals surface area (Å²) >= 11 is 6.33. The number of aryl methyl sites for hydroxylation is 2. The SMILES string of the molecule is Cc1ccc(C2=C(N3CC(C)CC(C)C3)C(=O)N(c3cccc(Cl)c3C)C2=O)c(C)c1. The molecule has 2 atom stereocenters. The number of rotatable bonds is 3. The second kappa shape index (κ2) is 8.16. The minimum Gasteiger partial charge on any atom is -0.366 e. The van der Waals surface area contributed by atoms with Crippen molar-refractivity contribution in [2.45, 2.75) is 41.0 Å². The Hall–Kier alpha value is -2.59. The lowest BCUT2D eigenvalue weighted by Crippen LogP contribution is -2.42. The van der Waals surface area contributed by atoms with Gasteiger partial charge in [0.1, 0.15) is 5.70 Å². The lowest BCUT2D eigenvalue weighted by atomic mass is 9.90. The molecule has 4 nitrogen and oxygen atoms in total. The Morgan fingerprint density at radius 1 is 0.935 bits per heavy atom. The van der Waals surface area contributed by atoms with Crippen LogP contribution in [0, 0.1) is 32.6 Å². The van der Waals surface area contributed by atoms with Crippen molar-refractivity contribution in [2.75, 3.05) is 18.0 Å². The fourth-order valence-corrected chi connectivity index (χ4v) is 5.22. The third kappa shape index (κ3) is 3.78. The summed E-state index contributed by atoms with van der Waals surface area (Å²) in [4.78, 5) is 31.1. The van der Waals surface area contributed by atoms with Crippen LogP contribution in [-0.2, 0) is 9.59 Å². The molecule has 162 valence electrons. The maximum atomic E-state index is 13.8. The average Bonchev–Trinajstić information content (AvgIpc) is 2.94. The van der Waals surface area contributed by atoms with Crippen LogP contribution in [-0.4, -0.2) is 29.8 Å². The van der Waals surface area contributed by atoms with Gasteiger partial charge in [-0.1, -0.05) is 55.3 Å². The van der Waals surface area contributed by atoms with Gasteiger partial charge in [-0.2, -0.15) is 0 Å². The van der Waals surface area contributed by atoms with E-state index in [1.54, 1.807) is 18.2 Å². The molecule has 2 aromatic rings. The number of hydrogen-bond acceptors (Lipinski definition) is 3. The number of carbonyl (C=O) groups excluding carboxylic acids is 2. The monoisotopic (exact) mass is 436 g/mol. The number of imide groups is 1. The molecule has 2 aromatic carbocycles. The normalized spacial score (nSPS) is 22.0. The van der Waals surface area contributed by atoms with Crippen molar-refractivity contribution in [2.24, 2.45) is 11.8 Å². The van der Waals surface area contributed by atoms with Gasteiger partial charge in [-0.25, -0.2) is 4.90 Å². The van der Waals surface area contributed by atoms with Gasteiger partial charge in [-0.15, -0.1) is 0 Å². The molecule has 0 aromatic heterocycles. The average molecular weight is 437 g/mol. The van der Waals surface area contributed by atoms with E-state index in [0.717, 1.165) is 41.8 Å². The van der Waals surface area contributed by atoms with Crippen LogP contribution in [0.25, 0.3) is 5.57 Å². The molecule has 2 amide bonds. The molecule has 0 radical (unpaired) electrons. The van der Waals surface area contributed by atoms with Gasteiger partial charge in [0.25, 0.3) is 11.8 Å². The van der Waals surface area contributed by atoms with Crippen molar-refractivity contribution in [3.63, 3.8) is 0 Å². The Balaban J connectivity index is 1.90. The van der Waals surface area contributed by atoms with E-state index >= 15 is 0 Å². The Bertz CT molecular complexity index is 1090. The van der Waals surface area contributed by atoms with E-state index in [4.69, 9.17) is 11.6 Å². The second-order valence-corrected chi connectivity index (χ2v) is 9.63. The van der Waals surface area contributed by atoms with Crippen molar-refractivity contribution in [1.82, 2.24) is 4.90 Å². The summed E-state index contributed by atoms with van der Waals surface area (Å²) in [7, 11) is 0. The van der Waals surface area contributed by atoms with Crippen molar-refractivity contribution < 1.29 is 9.59 Å². The number of piperidine rings is 1. The van der Waals surface area contributed by atoms with Gasteiger partial charge in [0, 0.05) is 18.1 Å². The first-order valence-corrected chi connectivity index (χ1v) is 11.3. The van der Waals surface area contributed by atoms with E-state index in [9.17, 15) is 9.59 Å². The van der Waals surface area contributed by atoms with Crippen molar-refractivity contribution in [3.05, 3.63) is 69.4 Å². The van der Waals surface area contributed by atoms with Crippen molar-refractivity contribution >= 4 is 34.7 Å². The summed E-state index contributed by atoms with van der Waals surface area (Å²) in [6.45, 7) is 11.8. The number of likely N-dealkylation sites (tertiary alicyclic amines) is 1. The smallest absolute Gasteiger partial charge is 0.282 e. The van der Waals surface area contributed by atoms with E-state index < -0.39 is 0 Å². The minimum atomic E-state index is -0.275. The highest BCUT2D eigenvalue weighted by Gasteiger charge is 2.44. The van der Waals surface area contributed by atoms with E-state index in [1.165, 1.54) is 4.90 Å². The van der Waals surface area contributed by atoms with Crippen molar-refractivity contribution in [3.8, 4) is 0 Å². The molecule has 0 bridgehead atoms. The van der Waals surface area contributed by atoms with E-state index in [0.29, 0.717) is 33.8 Å². The number of nitrogens with zero attached hydrogens (tertiary/aromatic N) is 2. The highest BCUT2D eigenvalue weighted by molar-refractivity contribution is 6.46. The topological polar surface area (TPSA) is 40.6 Å². The molecule has 2 unspecified atom stereocenters. The molecule has 1 fully saturated rings. The largest absolute Gasteiger partial charge is 0.366 e. The first-order valence-electron chi connectivity index (χ1n) is 10.9. The van der Waals surface area contributed by atoms with E-state index in [2.05, 4.69) is 24.8 Å². The fourth-order valence-electron chi connectivity index (χ4n) is 5.05. The molecule has 0 spiro atoms. The van der Waals surface area contributed by atoms with Crippen LogP contribution in [0.15, 0.2) is 42.1 Å². The first-order chi connectivity index (χ1) is 14.7. The Morgan fingerprint density at radius 3 is 2.26 bits per heavy atom. The van der Waals surface area contributed by atoms with Gasteiger partial charge in [0.05, 0.1) is 11.3 Å². The molecular formula is C26H29ClN2O2. The molecule has 2 aliphatic rings. The van der Waals surface area contributed by atoms with Gasteiger partial charge >= 0.3 is 0 Å². The molecule has 2 heterocycles. The standard InChI is InChI=1S/C26H29ClN2O2/c1-15-9-10-20(18(4)12-15)23-24(28-13-16(2)11-17(3)14-28)26(31)29(25(23)30)22-8-6-7-21(27)19(22)5/h6-10,12,16-17H,11,13-14H2,1-5H3. The zero-order valence-electron chi connectivity index (χ0n) is 18.8. The molecule has 2 aliphatic heterocycles. The van der Waals surface area contributed by atoms with Crippen LogP contribution in [0.1, 0.15) is 42.5 Å². The Morgan fingerprint density at radius 2 is 1.61 bits per heavy atom. The summed E-state index contributed by atoms with van der Waals surface area (Å²) in [5.41, 5.74) is 5.26. The van der Waals surface area contributed by atoms with Crippen LogP contribution in [0.2, 0.25) is 5.02 Å². The zero-order chi connectivity index (χ0) is 22.4. The molecule has 5 heteroatoms. The molecule has 0 N–H and O–H groups in total. The molecule has 0 aliphatic carbocycles. The van der Waals surface area contributed by atoms with Gasteiger partial charge in [0.15, 0.2) is 0 Å². The van der Waals surface area contributed by atoms with E-state index in [1.807, 2.05) is 32.9 Å². The molecule has 4 rings (SSSR count). The second-order valence-electron chi connectivity index (χ2n) is 9.22. The van der Waals surface area contributed by atoms with Gasteiger partial charge in [0.2, 0.25) is 0 Å². The molecule has 31 heavy (non-hydrogen) atoms. The summed E-state index contributed by atoms with van der Waals surface area (Å²) in [5, 5.41) is 0.542. The third-order valence-corrected chi connectivity index (χ3v) is 6.79. The molecule has 0 saturated carbocycles. The lowest BCUT2D eigenvalue weighted by molar-refractivity contribution is -0.120. The van der Waals surface area contributed by atoms with Crippen LogP contribution >= 0.6 is 11.6 Å². The number of amides is 2. The maximum Gasteiger partial charge on any atom is 0.282 e. The van der Waals surface area contributed by atoms with Crippen molar-refractivity contribution in [1.29, 1.82) is 0 Å². The van der Waals surface area contributed by atoms with Crippen LogP contribution < -0.4 is 4.90 Å². The Labute approximate surface area is 189 Å². The number of benzene rings is 2. The maximum absolute atomic E-state index is 13.8. The number of anilines is 1. The lowest BCUT2D eigenvalue weighted by Gasteiger charge is -2.37. The summed E-state index contributed by atoms with van der Waals surface area (Å²) in [5.74, 6) is 0.387. The number of carbonyl (C=O) groups is 2. The number of halogens is 1. The van der Waals surface area contributed by atoms with E-state index in [-0.39, 0.29) is 11.8 Å². The van der Waals surface area contributed by atoms with Gasteiger partial charge < -0.3 is 4.90 Å². The third-order valence-electron chi connectivity index (χ3n) is 6.38. The van der Waals surface area contributed by atoms with Crippen LogP contribution in [0.5, 0.6) is 0 Å². The quantitative estimate of drug-likeness (QED) is 0.594. The summed E-state index contributed by atoms with van der Waals surface area (Å²) in [6.07, 6.45) is 1.13.